The second-order valence-corrected chi connectivity index (χ2v) is 3.52. The molecule has 1 aromatic heterocycles. The molecule has 80 valence electrons. The van der Waals surface area contributed by atoms with E-state index in [1.807, 2.05) is 0 Å². The highest BCUT2D eigenvalue weighted by molar-refractivity contribution is 7.10. The van der Waals surface area contributed by atoms with Gasteiger partial charge in [0.15, 0.2) is 6.61 Å². The Morgan fingerprint density at radius 2 is 2.21 bits per heavy atom. The third kappa shape index (κ3) is 3.95. The lowest BCUT2D eigenvalue weighted by atomic mass is 10.4. The lowest BCUT2D eigenvalue weighted by Crippen LogP contribution is -2.24. The van der Waals surface area contributed by atoms with Crippen molar-refractivity contribution in [2.75, 3.05) is 12.3 Å². The van der Waals surface area contributed by atoms with Gasteiger partial charge in [0.2, 0.25) is 0 Å². The van der Waals surface area contributed by atoms with Gasteiger partial charge in [0.1, 0.15) is 0 Å². The van der Waals surface area contributed by atoms with Crippen LogP contribution in [-0.4, -0.2) is 12.8 Å². The van der Waals surface area contributed by atoms with Gasteiger partial charge in [-0.3, -0.25) is 4.84 Å². The van der Waals surface area contributed by atoms with E-state index in [0.717, 1.165) is 4.88 Å². The normalized spacial score (nSPS) is 11.9. The summed E-state index contributed by atoms with van der Waals surface area (Å²) in [5, 5.41) is 1.76. The van der Waals surface area contributed by atoms with Crippen molar-refractivity contribution in [3.8, 4) is 0 Å². The first-order valence-electron chi connectivity index (χ1n) is 3.72. The fraction of sp³-hybridized carbons (Fsp3) is 0.429. The van der Waals surface area contributed by atoms with Gasteiger partial charge in [-0.2, -0.15) is 18.7 Å². The Hall–Kier alpha value is -0.790. The summed E-state index contributed by atoms with van der Waals surface area (Å²) in [6.07, 6.45) is -4.31. The molecule has 1 rings (SSSR count). The minimum atomic E-state index is -4.31. The number of halogens is 3. The molecule has 0 amide bonds. The average molecular weight is 226 g/mol. The third-order valence-corrected chi connectivity index (χ3v) is 2.29. The van der Waals surface area contributed by atoms with Crippen LogP contribution in [0.15, 0.2) is 11.4 Å². The minimum absolute atomic E-state index is 0.180. The number of nitrogen functional groups attached to an aromatic ring is 1. The first kappa shape index (κ1) is 11.3. The van der Waals surface area contributed by atoms with Gasteiger partial charge in [0.05, 0.1) is 6.54 Å². The molecule has 7 heteroatoms. The topological polar surface area (TPSA) is 47.3 Å². The molecule has 0 fully saturated rings. The predicted molar refractivity (Wildman–Crippen MR) is 47.6 cm³/mol. The lowest BCUT2D eigenvalue weighted by Gasteiger charge is -2.07. The molecular weight excluding hydrogens is 217 g/mol. The van der Waals surface area contributed by atoms with Crippen LogP contribution in [0.3, 0.4) is 0 Å². The molecule has 0 saturated carbocycles. The molecule has 0 bridgehead atoms. The molecule has 0 aliphatic rings. The van der Waals surface area contributed by atoms with Gasteiger partial charge in [-0.15, -0.1) is 11.3 Å². The second-order valence-electron chi connectivity index (χ2n) is 2.52. The van der Waals surface area contributed by atoms with Gasteiger partial charge < -0.3 is 5.73 Å². The molecule has 3 N–H and O–H groups in total. The maximum Gasteiger partial charge on any atom is 0.413 e. The Labute approximate surface area is 82.6 Å². The van der Waals surface area contributed by atoms with Crippen molar-refractivity contribution in [1.29, 1.82) is 0 Å². The number of alkyl halides is 3. The van der Waals surface area contributed by atoms with Crippen molar-refractivity contribution in [3.63, 3.8) is 0 Å². The van der Waals surface area contributed by atoms with Crippen LogP contribution >= 0.6 is 11.3 Å². The highest BCUT2D eigenvalue weighted by atomic mass is 32.1. The van der Waals surface area contributed by atoms with Crippen molar-refractivity contribution in [1.82, 2.24) is 5.48 Å². The standard InChI is InChI=1S/C7H9F3N2OS/c8-7(9,10)4-13-12-3-6-5(11)1-2-14-6/h1-2,12H,3-4,11H2. The van der Waals surface area contributed by atoms with E-state index in [1.165, 1.54) is 11.3 Å². The third-order valence-electron chi connectivity index (χ3n) is 1.35. The average Bonchev–Trinajstić information content (AvgIpc) is 2.44. The smallest absolute Gasteiger partial charge is 0.398 e. The maximum atomic E-state index is 11.6. The summed E-state index contributed by atoms with van der Waals surface area (Å²) >= 11 is 1.36. The van der Waals surface area contributed by atoms with E-state index in [0.29, 0.717) is 5.69 Å². The summed E-state index contributed by atoms with van der Waals surface area (Å²) in [6, 6.07) is 1.69. The van der Waals surface area contributed by atoms with Crippen molar-refractivity contribution < 1.29 is 18.0 Å². The molecule has 1 aromatic rings. The fourth-order valence-corrected chi connectivity index (χ4v) is 1.47. The number of nitrogens with one attached hydrogen (secondary N) is 1. The number of rotatable bonds is 4. The summed E-state index contributed by atoms with van der Waals surface area (Å²) < 4.78 is 34.8. The van der Waals surface area contributed by atoms with Crippen LogP contribution in [0.2, 0.25) is 0 Å². The van der Waals surface area contributed by atoms with E-state index in [4.69, 9.17) is 5.73 Å². The van der Waals surface area contributed by atoms with E-state index in [1.54, 1.807) is 11.4 Å². The monoisotopic (exact) mass is 226 g/mol. The molecule has 0 atom stereocenters. The zero-order valence-corrected chi connectivity index (χ0v) is 7.91. The van der Waals surface area contributed by atoms with Crippen molar-refractivity contribution in [2.24, 2.45) is 0 Å². The molecule has 0 radical (unpaired) electrons. The summed E-state index contributed by atoms with van der Waals surface area (Å²) in [4.78, 5) is 4.96. The van der Waals surface area contributed by atoms with Crippen molar-refractivity contribution >= 4 is 17.0 Å². The van der Waals surface area contributed by atoms with Gasteiger partial charge >= 0.3 is 6.18 Å². The van der Waals surface area contributed by atoms with Gasteiger partial charge in [0, 0.05) is 10.6 Å². The Morgan fingerprint density at radius 3 is 2.71 bits per heavy atom. The molecular formula is C7H9F3N2OS. The number of hydroxylamine groups is 1. The predicted octanol–water partition coefficient (Wildman–Crippen LogP) is 1.91. The SMILES string of the molecule is Nc1ccsc1CNOCC(F)(F)F. The Balaban J connectivity index is 2.20. The first-order valence-corrected chi connectivity index (χ1v) is 4.60. The van der Waals surface area contributed by atoms with Gasteiger partial charge in [-0.1, -0.05) is 0 Å². The molecule has 0 aliphatic carbocycles. The van der Waals surface area contributed by atoms with Crippen LogP contribution < -0.4 is 11.2 Å². The Kier molecular flexibility index (Phi) is 3.73. The van der Waals surface area contributed by atoms with Gasteiger partial charge in [-0.25, -0.2) is 0 Å². The number of hydrogen-bond donors (Lipinski definition) is 2. The number of thiophene rings is 1. The van der Waals surface area contributed by atoms with Crippen LogP contribution in [0.1, 0.15) is 4.88 Å². The van der Waals surface area contributed by atoms with E-state index >= 15 is 0 Å². The van der Waals surface area contributed by atoms with E-state index in [9.17, 15) is 13.2 Å². The Bertz CT molecular complexity index is 287. The summed E-state index contributed by atoms with van der Waals surface area (Å²) in [6.45, 7) is -1.13. The molecule has 1 heterocycles. The summed E-state index contributed by atoms with van der Waals surface area (Å²) in [5.41, 5.74) is 8.25. The van der Waals surface area contributed by atoms with Crippen LogP contribution in [0, 0.1) is 0 Å². The van der Waals surface area contributed by atoms with E-state index in [2.05, 4.69) is 10.3 Å². The van der Waals surface area contributed by atoms with Gasteiger partial charge in [0.25, 0.3) is 0 Å². The number of hydrogen-bond acceptors (Lipinski definition) is 4. The van der Waals surface area contributed by atoms with E-state index < -0.39 is 12.8 Å². The van der Waals surface area contributed by atoms with E-state index in [-0.39, 0.29) is 6.54 Å². The molecule has 3 nitrogen and oxygen atoms in total. The zero-order valence-electron chi connectivity index (χ0n) is 7.10. The summed E-state index contributed by atoms with van der Waals surface area (Å²) in [5.74, 6) is 0. The van der Waals surface area contributed by atoms with Crippen molar-refractivity contribution in [3.05, 3.63) is 16.3 Å². The summed E-state index contributed by atoms with van der Waals surface area (Å²) in [7, 11) is 0. The molecule has 0 aromatic carbocycles. The van der Waals surface area contributed by atoms with Crippen LogP contribution in [0.5, 0.6) is 0 Å². The number of nitrogens with two attached hydrogens (primary N) is 1. The zero-order chi connectivity index (χ0) is 10.6. The largest absolute Gasteiger partial charge is 0.413 e. The fourth-order valence-electron chi connectivity index (χ4n) is 0.744. The van der Waals surface area contributed by atoms with Crippen LogP contribution in [0.4, 0.5) is 18.9 Å². The molecule has 0 unspecified atom stereocenters. The highest BCUT2D eigenvalue weighted by Crippen LogP contribution is 2.18. The maximum absolute atomic E-state index is 11.6. The van der Waals surface area contributed by atoms with Crippen LogP contribution in [-0.2, 0) is 11.4 Å². The first-order chi connectivity index (χ1) is 6.49. The van der Waals surface area contributed by atoms with Crippen LogP contribution in [0.25, 0.3) is 0 Å². The second kappa shape index (κ2) is 4.63. The van der Waals surface area contributed by atoms with Gasteiger partial charge in [-0.05, 0) is 11.4 Å². The molecule has 0 saturated heterocycles. The molecule has 14 heavy (non-hydrogen) atoms. The highest BCUT2D eigenvalue weighted by Gasteiger charge is 2.27. The lowest BCUT2D eigenvalue weighted by molar-refractivity contribution is -0.190. The van der Waals surface area contributed by atoms with Crippen molar-refractivity contribution in [2.45, 2.75) is 12.7 Å². The quantitative estimate of drug-likeness (QED) is 0.609. The minimum Gasteiger partial charge on any atom is -0.398 e. The number of anilines is 1. The Morgan fingerprint density at radius 1 is 1.50 bits per heavy atom. The molecule has 0 spiro atoms. The molecule has 0 aliphatic heterocycles.